The number of methoxy groups -OCH3 is 1. The van der Waals surface area contributed by atoms with E-state index in [1.807, 2.05) is 18.2 Å². The van der Waals surface area contributed by atoms with Crippen LogP contribution in [-0.4, -0.2) is 53.6 Å². The van der Waals surface area contributed by atoms with Gasteiger partial charge in [-0.3, -0.25) is 9.30 Å². The summed E-state index contributed by atoms with van der Waals surface area (Å²) in [5, 5.41) is 1.38. The molecule has 1 fully saturated rings. The molecule has 0 bridgehead atoms. The van der Waals surface area contributed by atoms with Crippen LogP contribution in [0.1, 0.15) is 34.8 Å². The van der Waals surface area contributed by atoms with Gasteiger partial charge in [-0.1, -0.05) is 23.2 Å². The Morgan fingerprint density at radius 3 is 2.57 bits per heavy atom. The van der Waals surface area contributed by atoms with E-state index < -0.39 is 5.97 Å². The Kier molecular flexibility index (Phi) is 6.46. The maximum Gasteiger partial charge on any atom is 0.355 e. The molecule has 0 radical (unpaired) electrons. The number of imidazole rings is 1. The smallest absolute Gasteiger partial charge is 0.355 e. The molecule has 0 saturated carbocycles. The Morgan fingerprint density at radius 1 is 1.13 bits per heavy atom. The first-order valence-corrected chi connectivity index (χ1v) is 10.7. The number of pyridine rings is 1. The SMILES string of the molecule is COC(=O)c1cc(OCCN2CCC(c3cc(Cl)cc(Cl)c3)CC2)cc2nccn12. The molecule has 2 aromatic heterocycles. The molecule has 1 saturated heterocycles. The minimum Gasteiger partial charge on any atom is -0.492 e. The second-order valence-electron chi connectivity index (χ2n) is 7.39. The molecular weight excluding hydrogens is 425 g/mol. The summed E-state index contributed by atoms with van der Waals surface area (Å²) in [5.74, 6) is 0.660. The van der Waals surface area contributed by atoms with Gasteiger partial charge in [-0.15, -0.1) is 0 Å². The number of rotatable bonds is 6. The second kappa shape index (κ2) is 9.25. The Hall–Kier alpha value is -2.28. The van der Waals surface area contributed by atoms with Crippen molar-refractivity contribution in [2.24, 2.45) is 0 Å². The highest BCUT2D eigenvalue weighted by molar-refractivity contribution is 6.34. The van der Waals surface area contributed by atoms with E-state index in [9.17, 15) is 4.79 Å². The maximum absolute atomic E-state index is 12.0. The average Bonchev–Trinajstić information content (AvgIpc) is 3.21. The second-order valence-corrected chi connectivity index (χ2v) is 8.26. The lowest BCUT2D eigenvalue weighted by Gasteiger charge is -2.32. The Bertz CT molecular complexity index is 1030. The van der Waals surface area contributed by atoms with E-state index in [-0.39, 0.29) is 0 Å². The summed E-state index contributed by atoms with van der Waals surface area (Å²) in [6, 6.07) is 9.31. The molecule has 0 amide bonds. The number of aromatic nitrogens is 2. The first kappa shape index (κ1) is 21.0. The average molecular weight is 448 g/mol. The monoisotopic (exact) mass is 447 g/mol. The normalized spacial score (nSPS) is 15.4. The number of fused-ring (bicyclic) bond motifs is 1. The molecule has 4 rings (SSSR count). The van der Waals surface area contributed by atoms with Crippen LogP contribution in [0.2, 0.25) is 10.0 Å². The van der Waals surface area contributed by atoms with Crippen molar-refractivity contribution in [1.82, 2.24) is 14.3 Å². The summed E-state index contributed by atoms with van der Waals surface area (Å²) in [7, 11) is 1.36. The van der Waals surface area contributed by atoms with E-state index in [1.165, 1.54) is 12.7 Å². The fourth-order valence-corrected chi connectivity index (χ4v) is 4.48. The summed E-state index contributed by atoms with van der Waals surface area (Å²) in [6.07, 6.45) is 5.48. The lowest BCUT2D eigenvalue weighted by atomic mass is 9.89. The Labute approximate surface area is 185 Å². The molecule has 0 aliphatic carbocycles. The lowest BCUT2D eigenvalue weighted by Crippen LogP contribution is -2.35. The van der Waals surface area contributed by atoms with Crippen LogP contribution in [0.4, 0.5) is 0 Å². The first-order chi connectivity index (χ1) is 14.5. The predicted octanol–water partition coefficient (Wildman–Crippen LogP) is 4.69. The van der Waals surface area contributed by atoms with Gasteiger partial charge in [0.25, 0.3) is 0 Å². The highest BCUT2D eigenvalue weighted by atomic mass is 35.5. The van der Waals surface area contributed by atoms with E-state index in [2.05, 4.69) is 9.88 Å². The number of esters is 1. The van der Waals surface area contributed by atoms with Crippen LogP contribution in [0.3, 0.4) is 0 Å². The minimum atomic E-state index is -0.424. The zero-order valence-corrected chi connectivity index (χ0v) is 18.2. The summed E-state index contributed by atoms with van der Waals surface area (Å²) in [4.78, 5) is 18.7. The summed E-state index contributed by atoms with van der Waals surface area (Å²) in [6.45, 7) is 3.33. The number of carbonyl (C=O) groups excluding carboxylic acids is 1. The number of carbonyl (C=O) groups is 1. The zero-order valence-electron chi connectivity index (χ0n) is 16.7. The van der Waals surface area contributed by atoms with Crippen molar-refractivity contribution in [2.75, 3.05) is 33.4 Å². The number of nitrogens with zero attached hydrogens (tertiary/aromatic N) is 3. The molecule has 0 atom stereocenters. The van der Waals surface area contributed by atoms with E-state index in [0.29, 0.717) is 39.7 Å². The zero-order chi connectivity index (χ0) is 21.1. The van der Waals surface area contributed by atoms with Gasteiger partial charge >= 0.3 is 5.97 Å². The van der Waals surface area contributed by atoms with Gasteiger partial charge in [-0.2, -0.15) is 0 Å². The molecule has 6 nitrogen and oxygen atoms in total. The Morgan fingerprint density at radius 2 is 1.87 bits per heavy atom. The van der Waals surface area contributed by atoms with Crippen molar-refractivity contribution in [1.29, 1.82) is 0 Å². The standard InChI is InChI=1S/C22H23Cl2N3O3/c1-29-22(28)20-13-19(14-21-25-4-7-27(20)21)30-9-8-26-5-2-15(3-6-26)16-10-17(23)12-18(24)11-16/h4,7,10-15H,2-3,5-6,8-9H2,1H3. The summed E-state index contributed by atoms with van der Waals surface area (Å²) < 4.78 is 12.5. The number of hydrogen-bond acceptors (Lipinski definition) is 5. The largest absolute Gasteiger partial charge is 0.492 e. The van der Waals surface area contributed by atoms with Crippen LogP contribution < -0.4 is 4.74 Å². The van der Waals surface area contributed by atoms with Crippen molar-refractivity contribution >= 4 is 34.8 Å². The first-order valence-electron chi connectivity index (χ1n) is 9.90. The third-order valence-corrected chi connectivity index (χ3v) is 5.93. The molecule has 30 heavy (non-hydrogen) atoms. The highest BCUT2D eigenvalue weighted by Crippen LogP contribution is 2.31. The van der Waals surface area contributed by atoms with E-state index in [4.69, 9.17) is 32.7 Å². The molecule has 1 aromatic carbocycles. The van der Waals surface area contributed by atoms with Gasteiger partial charge in [0.2, 0.25) is 0 Å². The maximum atomic E-state index is 12.0. The van der Waals surface area contributed by atoms with Crippen molar-refractivity contribution in [3.63, 3.8) is 0 Å². The highest BCUT2D eigenvalue weighted by Gasteiger charge is 2.21. The van der Waals surface area contributed by atoms with Crippen molar-refractivity contribution in [2.45, 2.75) is 18.8 Å². The van der Waals surface area contributed by atoms with Crippen LogP contribution in [0.15, 0.2) is 42.7 Å². The van der Waals surface area contributed by atoms with Crippen LogP contribution in [0, 0.1) is 0 Å². The number of halogens is 2. The molecule has 8 heteroatoms. The molecule has 1 aliphatic rings. The third-order valence-electron chi connectivity index (χ3n) is 5.49. The predicted molar refractivity (Wildman–Crippen MR) is 117 cm³/mol. The molecular formula is C22H23Cl2N3O3. The number of hydrogen-bond donors (Lipinski definition) is 0. The van der Waals surface area contributed by atoms with Gasteiger partial charge in [0.15, 0.2) is 0 Å². The van der Waals surface area contributed by atoms with E-state index in [0.717, 1.165) is 32.5 Å². The van der Waals surface area contributed by atoms with Gasteiger partial charge in [-0.25, -0.2) is 9.78 Å². The van der Waals surface area contributed by atoms with Crippen LogP contribution in [-0.2, 0) is 4.74 Å². The molecule has 3 heterocycles. The quantitative estimate of drug-likeness (QED) is 0.513. The van der Waals surface area contributed by atoms with Crippen molar-refractivity contribution in [3.8, 4) is 5.75 Å². The molecule has 1 aliphatic heterocycles. The molecule has 0 unspecified atom stereocenters. The van der Waals surface area contributed by atoms with Crippen LogP contribution in [0.5, 0.6) is 5.75 Å². The molecule has 0 spiro atoms. The third kappa shape index (κ3) is 4.72. The van der Waals surface area contributed by atoms with Gasteiger partial charge < -0.3 is 9.47 Å². The Balaban J connectivity index is 1.32. The van der Waals surface area contributed by atoms with Crippen LogP contribution >= 0.6 is 23.2 Å². The summed E-state index contributed by atoms with van der Waals surface area (Å²) in [5.41, 5.74) is 2.25. The van der Waals surface area contributed by atoms with Gasteiger partial charge in [0, 0.05) is 41.1 Å². The van der Waals surface area contributed by atoms with E-state index >= 15 is 0 Å². The number of piperidine rings is 1. The van der Waals surface area contributed by atoms with Gasteiger partial charge in [-0.05, 0) is 55.6 Å². The van der Waals surface area contributed by atoms with Crippen molar-refractivity contribution < 1.29 is 14.3 Å². The van der Waals surface area contributed by atoms with Gasteiger partial charge in [0.1, 0.15) is 23.7 Å². The molecule has 158 valence electrons. The van der Waals surface area contributed by atoms with Crippen molar-refractivity contribution in [3.05, 3.63) is 64.0 Å². The number of likely N-dealkylation sites (tertiary alicyclic amines) is 1. The van der Waals surface area contributed by atoms with E-state index in [1.54, 1.807) is 28.9 Å². The molecule has 0 N–H and O–H groups in total. The summed E-state index contributed by atoms with van der Waals surface area (Å²) >= 11 is 12.3. The minimum absolute atomic E-state index is 0.392. The number of benzene rings is 1. The lowest BCUT2D eigenvalue weighted by molar-refractivity contribution is 0.0591. The van der Waals surface area contributed by atoms with Crippen LogP contribution in [0.25, 0.3) is 5.65 Å². The fourth-order valence-electron chi connectivity index (χ4n) is 3.94. The topological polar surface area (TPSA) is 56.1 Å². The fraction of sp³-hybridized carbons (Fsp3) is 0.364. The number of ether oxygens (including phenoxy) is 2. The molecule has 3 aromatic rings. The van der Waals surface area contributed by atoms with Gasteiger partial charge in [0.05, 0.1) is 7.11 Å².